The molecule has 102 valence electrons. The Labute approximate surface area is 108 Å². The van der Waals surface area contributed by atoms with Crippen LogP contribution in [0, 0.1) is 5.92 Å². The van der Waals surface area contributed by atoms with Crippen molar-refractivity contribution in [1.29, 1.82) is 0 Å². The van der Waals surface area contributed by atoms with E-state index in [4.69, 9.17) is 9.15 Å². The van der Waals surface area contributed by atoms with E-state index in [9.17, 15) is 0 Å². The van der Waals surface area contributed by atoms with E-state index in [1.807, 2.05) is 0 Å². The maximum atomic E-state index is 5.63. The van der Waals surface area contributed by atoms with Gasteiger partial charge >= 0.3 is 6.01 Å². The summed E-state index contributed by atoms with van der Waals surface area (Å²) in [5, 5.41) is 11.4. The van der Waals surface area contributed by atoms with Crippen LogP contribution in [-0.4, -0.2) is 43.0 Å². The lowest BCUT2D eigenvalue weighted by atomic mass is 10.2. The Hall–Kier alpha value is -1.14. The van der Waals surface area contributed by atoms with Crippen LogP contribution < -0.4 is 10.2 Å². The van der Waals surface area contributed by atoms with Gasteiger partial charge in [0.15, 0.2) is 0 Å². The maximum absolute atomic E-state index is 5.63. The summed E-state index contributed by atoms with van der Waals surface area (Å²) in [6.07, 6.45) is 1.29. The molecule has 0 saturated carbocycles. The van der Waals surface area contributed by atoms with Crippen molar-refractivity contribution in [3.63, 3.8) is 0 Å². The molecule has 1 aromatic rings. The summed E-state index contributed by atoms with van der Waals surface area (Å²) in [4.78, 5) is 2.08. The molecule has 0 aromatic carbocycles. The van der Waals surface area contributed by atoms with Crippen LogP contribution in [0.25, 0.3) is 0 Å². The standard InChI is InChI=1S/C12H22N4O2/c1-9(2)6-13-7-11-14-15-12(18-11)16-5-4-10(8-16)17-3/h9-10,13H,4-8H2,1-3H3. The van der Waals surface area contributed by atoms with Gasteiger partial charge in [0.2, 0.25) is 5.89 Å². The average Bonchev–Trinajstić information content (AvgIpc) is 2.95. The molecule has 18 heavy (non-hydrogen) atoms. The van der Waals surface area contributed by atoms with Crippen molar-refractivity contribution in [3.05, 3.63) is 5.89 Å². The molecule has 6 nitrogen and oxygen atoms in total. The van der Waals surface area contributed by atoms with Crippen LogP contribution in [-0.2, 0) is 11.3 Å². The van der Waals surface area contributed by atoms with Gasteiger partial charge in [0, 0.05) is 20.2 Å². The van der Waals surface area contributed by atoms with E-state index in [0.29, 0.717) is 24.4 Å². The van der Waals surface area contributed by atoms with Crippen LogP contribution in [0.4, 0.5) is 6.01 Å². The fourth-order valence-electron chi connectivity index (χ4n) is 2.01. The first-order chi connectivity index (χ1) is 8.69. The number of hydrogen-bond acceptors (Lipinski definition) is 6. The topological polar surface area (TPSA) is 63.4 Å². The highest BCUT2D eigenvalue weighted by molar-refractivity contribution is 5.26. The number of nitrogens with zero attached hydrogens (tertiary/aromatic N) is 3. The van der Waals surface area contributed by atoms with E-state index in [0.717, 1.165) is 26.1 Å². The quantitative estimate of drug-likeness (QED) is 0.818. The maximum Gasteiger partial charge on any atom is 0.318 e. The molecule has 1 aliphatic rings. The second-order valence-corrected chi connectivity index (χ2v) is 5.10. The molecular formula is C12H22N4O2. The fourth-order valence-corrected chi connectivity index (χ4v) is 2.01. The molecule has 1 fully saturated rings. The van der Waals surface area contributed by atoms with Crippen molar-refractivity contribution < 1.29 is 9.15 Å². The summed E-state index contributed by atoms with van der Waals surface area (Å²) < 4.78 is 10.9. The number of nitrogens with one attached hydrogen (secondary N) is 1. The van der Waals surface area contributed by atoms with E-state index in [1.165, 1.54) is 0 Å². The van der Waals surface area contributed by atoms with Gasteiger partial charge in [-0.15, -0.1) is 5.10 Å². The minimum atomic E-state index is 0.277. The number of rotatable bonds is 6. The van der Waals surface area contributed by atoms with Crippen molar-refractivity contribution in [2.24, 2.45) is 5.92 Å². The number of ether oxygens (including phenoxy) is 1. The predicted octanol–water partition coefficient (Wildman–Crippen LogP) is 1.04. The molecule has 0 radical (unpaired) electrons. The minimum Gasteiger partial charge on any atom is -0.407 e. The van der Waals surface area contributed by atoms with Crippen LogP contribution in [0.2, 0.25) is 0 Å². The third kappa shape index (κ3) is 3.43. The Morgan fingerprint density at radius 3 is 3.00 bits per heavy atom. The summed E-state index contributed by atoms with van der Waals surface area (Å²) in [5.74, 6) is 1.26. The summed E-state index contributed by atoms with van der Waals surface area (Å²) in [7, 11) is 1.74. The monoisotopic (exact) mass is 254 g/mol. The lowest BCUT2D eigenvalue weighted by Crippen LogP contribution is -2.22. The highest BCUT2D eigenvalue weighted by atomic mass is 16.5. The number of hydrogen-bond donors (Lipinski definition) is 1. The second kappa shape index (κ2) is 6.15. The van der Waals surface area contributed by atoms with Crippen LogP contribution >= 0.6 is 0 Å². The van der Waals surface area contributed by atoms with Crippen LogP contribution in [0.3, 0.4) is 0 Å². The predicted molar refractivity (Wildman–Crippen MR) is 68.5 cm³/mol. The fraction of sp³-hybridized carbons (Fsp3) is 0.833. The van der Waals surface area contributed by atoms with Crippen LogP contribution in [0.15, 0.2) is 4.42 Å². The third-order valence-electron chi connectivity index (χ3n) is 3.03. The van der Waals surface area contributed by atoms with Crippen molar-refractivity contribution in [2.45, 2.75) is 32.9 Å². The largest absolute Gasteiger partial charge is 0.407 e. The van der Waals surface area contributed by atoms with Gasteiger partial charge in [-0.05, 0) is 18.9 Å². The minimum absolute atomic E-state index is 0.277. The zero-order valence-corrected chi connectivity index (χ0v) is 11.3. The molecule has 2 rings (SSSR count). The van der Waals surface area contributed by atoms with Gasteiger partial charge in [-0.2, -0.15) is 0 Å². The molecule has 1 unspecified atom stereocenters. The first-order valence-electron chi connectivity index (χ1n) is 6.50. The smallest absolute Gasteiger partial charge is 0.318 e. The zero-order chi connectivity index (χ0) is 13.0. The van der Waals surface area contributed by atoms with Crippen LogP contribution in [0.1, 0.15) is 26.2 Å². The average molecular weight is 254 g/mol. The molecule has 1 saturated heterocycles. The van der Waals surface area contributed by atoms with E-state index in [2.05, 4.69) is 34.3 Å². The van der Waals surface area contributed by atoms with Gasteiger partial charge in [-0.3, -0.25) is 0 Å². The van der Waals surface area contributed by atoms with E-state index < -0.39 is 0 Å². The van der Waals surface area contributed by atoms with Gasteiger partial charge < -0.3 is 19.4 Å². The van der Waals surface area contributed by atoms with Crippen LogP contribution in [0.5, 0.6) is 0 Å². The van der Waals surface area contributed by atoms with Gasteiger partial charge in [0.1, 0.15) is 0 Å². The summed E-state index contributed by atoms with van der Waals surface area (Å²) in [6.45, 7) is 7.67. The third-order valence-corrected chi connectivity index (χ3v) is 3.03. The lowest BCUT2D eigenvalue weighted by molar-refractivity contribution is 0.120. The van der Waals surface area contributed by atoms with Crippen molar-refractivity contribution in [3.8, 4) is 0 Å². The number of aromatic nitrogens is 2. The first-order valence-corrected chi connectivity index (χ1v) is 6.50. The van der Waals surface area contributed by atoms with Gasteiger partial charge in [0.25, 0.3) is 0 Å². The van der Waals surface area contributed by atoms with Gasteiger partial charge in [-0.1, -0.05) is 18.9 Å². The van der Waals surface area contributed by atoms with E-state index in [-0.39, 0.29) is 6.10 Å². The molecule has 6 heteroatoms. The molecule has 0 aliphatic carbocycles. The highest BCUT2D eigenvalue weighted by Gasteiger charge is 2.25. The SMILES string of the molecule is COC1CCN(c2nnc(CNCC(C)C)o2)C1. The Balaban J connectivity index is 1.83. The Bertz CT molecular complexity index is 367. The molecule has 1 atom stereocenters. The summed E-state index contributed by atoms with van der Waals surface area (Å²) >= 11 is 0. The molecule has 0 spiro atoms. The number of methoxy groups -OCH3 is 1. The van der Waals surface area contributed by atoms with E-state index in [1.54, 1.807) is 7.11 Å². The van der Waals surface area contributed by atoms with Gasteiger partial charge in [-0.25, -0.2) is 0 Å². The van der Waals surface area contributed by atoms with Crippen molar-refractivity contribution in [1.82, 2.24) is 15.5 Å². The molecule has 1 N–H and O–H groups in total. The molecule has 0 bridgehead atoms. The lowest BCUT2D eigenvalue weighted by Gasteiger charge is -2.11. The van der Waals surface area contributed by atoms with Crippen molar-refractivity contribution in [2.75, 3.05) is 31.6 Å². The normalized spacial score (nSPS) is 20.0. The molecule has 1 aromatic heterocycles. The number of anilines is 1. The Morgan fingerprint density at radius 1 is 1.50 bits per heavy atom. The molecule has 0 amide bonds. The summed E-state index contributed by atoms with van der Waals surface area (Å²) in [6, 6.07) is 0.607. The summed E-state index contributed by atoms with van der Waals surface area (Å²) in [5.41, 5.74) is 0. The van der Waals surface area contributed by atoms with E-state index >= 15 is 0 Å². The van der Waals surface area contributed by atoms with Gasteiger partial charge in [0.05, 0.1) is 12.6 Å². The molecular weight excluding hydrogens is 232 g/mol. The zero-order valence-electron chi connectivity index (χ0n) is 11.3. The highest BCUT2D eigenvalue weighted by Crippen LogP contribution is 2.19. The Morgan fingerprint density at radius 2 is 2.33 bits per heavy atom. The Kier molecular flexibility index (Phi) is 4.54. The molecule has 2 heterocycles. The molecule has 1 aliphatic heterocycles. The second-order valence-electron chi connectivity index (χ2n) is 5.10. The van der Waals surface area contributed by atoms with Crippen molar-refractivity contribution >= 4 is 6.01 Å². The first kappa shape index (κ1) is 13.3.